The molecule has 2 saturated heterocycles. The van der Waals surface area contributed by atoms with E-state index in [0.29, 0.717) is 11.5 Å². The van der Waals surface area contributed by atoms with Gasteiger partial charge in [0.15, 0.2) is 0 Å². The Bertz CT molecular complexity index is 1280. The van der Waals surface area contributed by atoms with Gasteiger partial charge in [-0.2, -0.15) is 5.10 Å². The van der Waals surface area contributed by atoms with Crippen LogP contribution in [-0.2, 0) is 11.8 Å². The van der Waals surface area contributed by atoms with Gasteiger partial charge in [0.05, 0.1) is 12.1 Å². The Kier molecular flexibility index (Phi) is 8.46. The number of unbranched alkanes of at least 4 members (excludes halogenated alkanes) is 2. The van der Waals surface area contributed by atoms with Gasteiger partial charge < -0.3 is 15.1 Å². The van der Waals surface area contributed by atoms with Crippen molar-refractivity contribution in [1.82, 2.24) is 19.6 Å². The molecule has 2 aliphatic rings. The van der Waals surface area contributed by atoms with Crippen LogP contribution in [0.4, 0.5) is 5.69 Å². The van der Waals surface area contributed by atoms with Gasteiger partial charge in [-0.1, -0.05) is 50.1 Å². The number of carbonyl (C=O) groups excluding carboxylic acids is 2. The monoisotopic (exact) mass is 527 g/mol. The van der Waals surface area contributed by atoms with E-state index in [1.807, 2.05) is 54.1 Å². The lowest BCUT2D eigenvalue weighted by Gasteiger charge is -2.38. The topological polar surface area (TPSA) is 70.5 Å². The summed E-state index contributed by atoms with van der Waals surface area (Å²) in [5.41, 5.74) is 5.99. The highest BCUT2D eigenvalue weighted by atomic mass is 16.2. The van der Waals surface area contributed by atoms with Crippen LogP contribution in [0, 0.1) is 12.8 Å². The van der Waals surface area contributed by atoms with Crippen molar-refractivity contribution in [1.29, 1.82) is 0 Å². The third-order valence-electron chi connectivity index (χ3n) is 8.35. The number of piperidine rings is 1. The first-order valence-corrected chi connectivity index (χ1v) is 14.4. The van der Waals surface area contributed by atoms with Crippen LogP contribution in [0.3, 0.4) is 0 Å². The predicted molar refractivity (Wildman–Crippen MR) is 156 cm³/mol. The second-order valence-electron chi connectivity index (χ2n) is 11.3. The molecule has 0 aliphatic carbocycles. The Hall–Kier alpha value is -3.45. The lowest BCUT2D eigenvalue weighted by molar-refractivity contribution is -0.124. The molecule has 1 aromatic heterocycles. The van der Waals surface area contributed by atoms with Gasteiger partial charge in [-0.15, -0.1) is 0 Å². The van der Waals surface area contributed by atoms with Crippen molar-refractivity contribution in [3.05, 3.63) is 71.5 Å². The van der Waals surface area contributed by atoms with Crippen LogP contribution < -0.4 is 5.32 Å². The largest absolute Gasteiger partial charge is 0.339 e. The molecule has 7 nitrogen and oxygen atoms in total. The Balaban J connectivity index is 1.14. The van der Waals surface area contributed by atoms with Crippen LogP contribution in [0.15, 0.2) is 54.9 Å². The normalized spacial score (nSPS) is 16.7. The summed E-state index contributed by atoms with van der Waals surface area (Å²) in [6.07, 6.45) is 9.46. The number of carbonyl (C=O) groups is 2. The zero-order chi connectivity index (χ0) is 27.4. The molecule has 1 N–H and O–H groups in total. The van der Waals surface area contributed by atoms with Crippen LogP contribution in [0.2, 0.25) is 0 Å². The summed E-state index contributed by atoms with van der Waals surface area (Å²) >= 11 is 0. The molecule has 206 valence electrons. The van der Waals surface area contributed by atoms with Crippen molar-refractivity contribution in [2.45, 2.75) is 51.9 Å². The van der Waals surface area contributed by atoms with E-state index in [0.717, 1.165) is 62.4 Å². The van der Waals surface area contributed by atoms with E-state index in [-0.39, 0.29) is 17.7 Å². The Labute approximate surface area is 232 Å². The number of hydrogen-bond acceptors (Lipinski definition) is 4. The molecule has 2 aromatic carbocycles. The van der Waals surface area contributed by atoms with Gasteiger partial charge in [0.2, 0.25) is 5.91 Å². The van der Waals surface area contributed by atoms with Gasteiger partial charge in [-0.05, 0) is 67.5 Å². The Morgan fingerprint density at radius 1 is 1.00 bits per heavy atom. The van der Waals surface area contributed by atoms with Crippen molar-refractivity contribution in [3.8, 4) is 11.1 Å². The minimum atomic E-state index is 0.0304. The highest BCUT2D eigenvalue weighted by Crippen LogP contribution is 2.31. The molecule has 2 amide bonds. The molecule has 7 heteroatoms. The van der Waals surface area contributed by atoms with Crippen LogP contribution >= 0.6 is 0 Å². The number of nitrogens with zero attached hydrogens (tertiary/aromatic N) is 4. The molecule has 5 rings (SSSR count). The first-order chi connectivity index (χ1) is 18.9. The Morgan fingerprint density at radius 2 is 1.74 bits per heavy atom. The average molecular weight is 528 g/mol. The molecule has 0 unspecified atom stereocenters. The molecule has 0 bridgehead atoms. The summed E-state index contributed by atoms with van der Waals surface area (Å²) in [7, 11) is 1.93. The molecule has 2 aliphatic heterocycles. The molecule has 2 fully saturated rings. The summed E-state index contributed by atoms with van der Waals surface area (Å²) in [5.74, 6) is 0.586. The van der Waals surface area contributed by atoms with Gasteiger partial charge in [-0.25, -0.2) is 0 Å². The second kappa shape index (κ2) is 12.2. The standard InChI is InChI=1S/C32H41N5O2/c1-4-5-6-15-36-21-29(22-36)31(38)34-30-18-27(8-7-23(30)2)32(39)37-16-13-26(14-17-37)24-9-11-25(12-10-24)28-19-33-35(3)20-28/h7-12,18-20,26,29H,4-6,13-17,21-22H2,1-3H3,(H,34,38). The van der Waals surface area contributed by atoms with Crippen molar-refractivity contribution < 1.29 is 9.59 Å². The van der Waals surface area contributed by atoms with Crippen LogP contribution in [0.5, 0.6) is 0 Å². The van der Waals surface area contributed by atoms with Crippen LogP contribution in [0.25, 0.3) is 11.1 Å². The maximum absolute atomic E-state index is 13.4. The van der Waals surface area contributed by atoms with Gasteiger partial charge >= 0.3 is 0 Å². The smallest absolute Gasteiger partial charge is 0.253 e. The fourth-order valence-electron chi connectivity index (χ4n) is 5.74. The predicted octanol–water partition coefficient (Wildman–Crippen LogP) is 5.48. The van der Waals surface area contributed by atoms with Crippen molar-refractivity contribution in [3.63, 3.8) is 0 Å². The van der Waals surface area contributed by atoms with E-state index in [2.05, 4.69) is 46.5 Å². The number of nitrogens with one attached hydrogen (secondary N) is 1. The summed E-state index contributed by atoms with van der Waals surface area (Å²) in [6.45, 7) is 8.39. The van der Waals surface area contributed by atoms with E-state index in [9.17, 15) is 9.59 Å². The van der Waals surface area contributed by atoms with Gasteiger partial charge in [-0.3, -0.25) is 14.3 Å². The maximum Gasteiger partial charge on any atom is 0.253 e. The lowest BCUT2D eigenvalue weighted by Crippen LogP contribution is -2.52. The van der Waals surface area contributed by atoms with E-state index in [4.69, 9.17) is 0 Å². The minimum absolute atomic E-state index is 0.0304. The number of amides is 2. The van der Waals surface area contributed by atoms with E-state index < -0.39 is 0 Å². The first kappa shape index (κ1) is 27.1. The zero-order valence-electron chi connectivity index (χ0n) is 23.5. The molecule has 3 heterocycles. The average Bonchev–Trinajstić information content (AvgIpc) is 3.37. The van der Waals surface area contributed by atoms with Crippen molar-refractivity contribution in [2.24, 2.45) is 13.0 Å². The van der Waals surface area contributed by atoms with Crippen molar-refractivity contribution >= 4 is 17.5 Å². The third kappa shape index (κ3) is 6.41. The SMILES string of the molecule is CCCCCN1CC(C(=O)Nc2cc(C(=O)N3CCC(c4ccc(-c5cnn(C)c5)cc4)CC3)ccc2C)C1. The number of aryl methyl sites for hydroxylation is 2. The van der Waals surface area contributed by atoms with Crippen LogP contribution in [-0.4, -0.2) is 64.1 Å². The minimum Gasteiger partial charge on any atom is -0.339 e. The van der Waals surface area contributed by atoms with Gasteiger partial charge in [0.25, 0.3) is 5.91 Å². The number of likely N-dealkylation sites (tertiary alicyclic amines) is 2. The molecule has 0 spiro atoms. The summed E-state index contributed by atoms with van der Waals surface area (Å²) in [6, 6.07) is 14.4. The van der Waals surface area contributed by atoms with Crippen molar-refractivity contribution in [2.75, 3.05) is 38.0 Å². The maximum atomic E-state index is 13.4. The van der Waals surface area contributed by atoms with Gasteiger partial charge in [0, 0.05) is 56.2 Å². The summed E-state index contributed by atoms with van der Waals surface area (Å²) < 4.78 is 1.82. The fraction of sp³-hybridized carbons (Fsp3) is 0.469. The molecule has 0 atom stereocenters. The lowest BCUT2D eigenvalue weighted by atomic mass is 9.88. The number of rotatable bonds is 9. The third-order valence-corrected chi connectivity index (χ3v) is 8.35. The van der Waals surface area contributed by atoms with Gasteiger partial charge in [0.1, 0.15) is 0 Å². The van der Waals surface area contributed by atoms with E-state index in [1.165, 1.54) is 30.4 Å². The summed E-state index contributed by atoms with van der Waals surface area (Å²) in [5, 5.41) is 7.37. The fourth-order valence-corrected chi connectivity index (χ4v) is 5.74. The van der Waals surface area contributed by atoms with Crippen LogP contribution in [0.1, 0.15) is 66.4 Å². The van der Waals surface area contributed by atoms with E-state index in [1.54, 1.807) is 0 Å². The molecule has 0 saturated carbocycles. The number of aromatic nitrogens is 2. The number of benzene rings is 2. The zero-order valence-corrected chi connectivity index (χ0v) is 23.5. The number of anilines is 1. The second-order valence-corrected chi connectivity index (χ2v) is 11.3. The summed E-state index contributed by atoms with van der Waals surface area (Å²) in [4.78, 5) is 30.5. The molecule has 3 aromatic rings. The molecule has 0 radical (unpaired) electrons. The highest BCUT2D eigenvalue weighted by Gasteiger charge is 2.32. The molecule has 39 heavy (non-hydrogen) atoms. The highest BCUT2D eigenvalue weighted by molar-refractivity contribution is 5.98. The molecular formula is C32H41N5O2. The quantitative estimate of drug-likeness (QED) is 0.374. The Morgan fingerprint density at radius 3 is 2.41 bits per heavy atom. The first-order valence-electron chi connectivity index (χ1n) is 14.4. The molecular weight excluding hydrogens is 486 g/mol. The van der Waals surface area contributed by atoms with E-state index >= 15 is 0 Å². The number of hydrogen-bond donors (Lipinski definition) is 1.